The van der Waals surface area contributed by atoms with Gasteiger partial charge in [-0.1, -0.05) is 6.07 Å². The molecule has 5 rings (SSSR count). The van der Waals surface area contributed by atoms with Crippen molar-refractivity contribution >= 4 is 34.0 Å². The van der Waals surface area contributed by atoms with Gasteiger partial charge in [-0.3, -0.25) is 14.9 Å². The van der Waals surface area contributed by atoms with Crippen LogP contribution in [0.4, 0.5) is 26.0 Å². The molecule has 0 aliphatic carbocycles. The molecule has 0 bridgehead atoms. The largest absolute Gasteiger partial charge is 0.397 e. The number of aromatic nitrogens is 4. The summed E-state index contributed by atoms with van der Waals surface area (Å²) < 4.78 is 26.9. The van der Waals surface area contributed by atoms with Gasteiger partial charge in [-0.15, -0.1) is 0 Å². The van der Waals surface area contributed by atoms with Crippen molar-refractivity contribution in [2.24, 2.45) is 0 Å². The first-order chi connectivity index (χ1) is 15.4. The molecule has 1 aromatic carbocycles. The predicted octanol–water partition coefficient (Wildman–Crippen LogP) is 3.70. The van der Waals surface area contributed by atoms with Gasteiger partial charge in [0, 0.05) is 36.3 Å². The predicted molar refractivity (Wildman–Crippen MR) is 118 cm³/mol. The molecule has 1 saturated heterocycles. The van der Waals surface area contributed by atoms with Crippen LogP contribution in [-0.2, 0) is 0 Å². The van der Waals surface area contributed by atoms with E-state index in [-0.39, 0.29) is 25.2 Å². The van der Waals surface area contributed by atoms with Gasteiger partial charge in [-0.2, -0.15) is 5.10 Å². The van der Waals surface area contributed by atoms with Crippen LogP contribution < -0.4 is 16.0 Å². The number of benzene rings is 1. The quantitative estimate of drug-likeness (QED) is 0.451. The molecule has 10 heteroatoms. The fraction of sp³-hybridized carbons (Fsp3) is 0.182. The third-order valence-electron chi connectivity index (χ3n) is 5.37. The molecule has 32 heavy (non-hydrogen) atoms. The Bertz CT molecular complexity index is 1300. The molecule has 0 atom stereocenters. The molecule has 4 N–H and O–H groups in total. The number of anilines is 3. The first kappa shape index (κ1) is 19.9. The van der Waals surface area contributed by atoms with Crippen LogP contribution in [0.25, 0.3) is 22.0 Å². The molecule has 162 valence electrons. The molecule has 0 unspecified atom stereocenters. The van der Waals surface area contributed by atoms with Crippen molar-refractivity contribution in [3.05, 3.63) is 60.7 Å². The van der Waals surface area contributed by atoms with E-state index in [0.29, 0.717) is 28.1 Å². The molecule has 4 aromatic rings. The maximum absolute atomic E-state index is 13.4. The number of rotatable bonds is 4. The minimum Gasteiger partial charge on any atom is -0.397 e. The smallest absolute Gasteiger partial charge is 0.276 e. The molecule has 8 nitrogen and oxygen atoms in total. The van der Waals surface area contributed by atoms with E-state index < -0.39 is 11.8 Å². The zero-order valence-corrected chi connectivity index (χ0v) is 16.8. The standard InChI is InChI=1S/C22H19F2N7O/c23-22(24)5-6-31(12-22)19-4-2-16(11-27-19)28-21(32)20-17-8-13(1-3-18(17)29-30-20)14-7-15(25)10-26-9-14/h1-4,7-11H,5-6,12,25H2,(H,28,32)(H,29,30). The lowest BCUT2D eigenvalue weighted by molar-refractivity contribution is 0.0256. The zero-order chi connectivity index (χ0) is 22.3. The molecule has 1 fully saturated rings. The number of carbonyl (C=O) groups is 1. The third kappa shape index (κ3) is 3.82. The van der Waals surface area contributed by atoms with E-state index in [9.17, 15) is 13.6 Å². The summed E-state index contributed by atoms with van der Waals surface area (Å²) in [5.74, 6) is -2.66. The number of aromatic amines is 1. The number of alkyl halides is 2. The number of nitrogens with two attached hydrogens (primary N) is 1. The number of hydrogen-bond acceptors (Lipinski definition) is 6. The summed E-state index contributed by atoms with van der Waals surface area (Å²) in [5.41, 5.74) is 9.42. The lowest BCUT2D eigenvalue weighted by atomic mass is 10.0. The van der Waals surface area contributed by atoms with Crippen LogP contribution in [0, 0.1) is 0 Å². The fourth-order valence-corrected chi connectivity index (χ4v) is 3.75. The molecular formula is C22H19F2N7O. The first-order valence-corrected chi connectivity index (χ1v) is 9.97. The second kappa shape index (κ2) is 7.56. The number of nitrogen functional groups attached to an aromatic ring is 1. The Morgan fingerprint density at radius 1 is 1.12 bits per heavy atom. The first-order valence-electron chi connectivity index (χ1n) is 9.97. The lowest BCUT2D eigenvalue weighted by Gasteiger charge is -2.17. The Labute approximate surface area is 181 Å². The maximum atomic E-state index is 13.4. The Morgan fingerprint density at radius 2 is 2.00 bits per heavy atom. The number of nitrogens with zero attached hydrogens (tertiary/aromatic N) is 4. The van der Waals surface area contributed by atoms with E-state index in [0.717, 1.165) is 11.1 Å². The number of nitrogens with one attached hydrogen (secondary N) is 2. The minimum absolute atomic E-state index is 0.187. The minimum atomic E-state index is -2.70. The molecule has 0 spiro atoms. The number of halogens is 2. The molecule has 1 amide bonds. The number of carbonyl (C=O) groups excluding carboxylic acids is 1. The average Bonchev–Trinajstić information content (AvgIpc) is 3.36. The topological polar surface area (TPSA) is 113 Å². The maximum Gasteiger partial charge on any atom is 0.276 e. The number of hydrogen-bond donors (Lipinski definition) is 3. The monoisotopic (exact) mass is 435 g/mol. The molecule has 0 radical (unpaired) electrons. The lowest BCUT2D eigenvalue weighted by Crippen LogP contribution is -2.25. The zero-order valence-electron chi connectivity index (χ0n) is 16.8. The summed E-state index contributed by atoms with van der Waals surface area (Å²) >= 11 is 0. The number of pyridine rings is 2. The number of amides is 1. The van der Waals surface area contributed by atoms with Crippen LogP contribution in [-0.4, -0.2) is 45.1 Å². The van der Waals surface area contributed by atoms with E-state index in [1.54, 1.807) is 30.6 Å². The van der Waals surface area contributed by atoms with Gasteiger partial charge in [-0.25, -0.2) is 13.8 Å². The summed E-state index contributed by atoms with van der Waals surface area (Å²) in [6, 6.07) is 10.6. The van der Waals surface area contributed by atoms with Crippen molar-refractivity contribution in [1.29, 1.82) is 0 Å². The van der Waals surface area contributed by atoms with E-state index in [1.807, 2.05) is 18.2 Å². The highest BCUT2D eigenvalue weighted by atomic mass is 19.3. The number of fused-ring (bicyclic) bond motifs is 1. The Hall–Kier alpha value is -4.08. The van der Waals surface area contributed by atoms with E-state index in [2.05, 4.69) is 25.5 Å². The summed E-state index contributed by atoms with van der Waals surface area (Å²) in [4.78, 5) is 22.7. The second-order valence-electron chi connectivity index (χ2n) is 7.73. The van der Waals surface area contributed by atoms with Gasteiger partial charge in [0.05, 0.1) is 29.6 Å². The Kier molecular flexibility index (Phi) is 4.69. The second-order valence-corrected chi connectivity index (χ2v) is 7.73. The summed E-state index contributed by atoms with van der Waals surface area (Å²) in [6.45, 7) is -0.105. The van der Waals surface area contributed by atoms with Crippen molar-refractivity contribution in [3.8, 4) is 11.1 Å². The van der Waals surface area contributed by atoms with Crippen molar-refractivity contribution < 1.29 is 13.6 Å². The van der Waals surface area contributed by atoms with Gasteiger partial charge < -0.3 is 16.0 Å². The van der Waals surface area contributed by atoms with Gasteiger partial charge in [0.15, 0.2) is 5.69 Å². The fourth-order valence-electron chi connectivity index (χ4n) is 3.75. The highest BCUT2D eigenvalue weighted by Gasteiger charge is 2.38. The molecule has 4 heterocycles. The van der Waals surface area contributed by atoms with Crippen LogP contribution in [0.1, 0.15) is 16.9 Å². The normalized spacial score (nSPS) is 15.2. The average molecular weight is 435 g/mol. The van der Waals surface area contributed by atoms with Crippen molar-refractivity contribution in [3.63, 3.8) is 0 Å². The van der Waals surface area contributed by atoms with Crippen LogP contribution in [0.3, 0.4) is 0 Å². The third-order valence-corrected chi connectivity index (χ3v) is 5.37. The molecule has 0 saturated carbocycles. The van der Waals surface area contributed by atoms with E-state index >= 15 is 0 Å². The molecule has 1 aliphatic rings. The van der Waals surface area contributed by atoms with Gasteiger partial charge >= 0.3 is 0 Å². The van der Waals surface area contributed by atoms with Crippen molar-refractivity contribution in [2.45, 2.75) is 12.3 Å². The van der Waals surface area contributed by atoms with Gasteiger partial charge in [0.1, 0.15) is 5.82 Å². The van der Waals surface area contributed by atoms with Crippen molar-refractivity contribution in [1.82, 2.24) is 20.2 Å². The van der Waals surface area contributed by atoms with E-state index in [1.165, 1.54) is 11.1 Å². The summed E-state index contributed by atoms with van der Waals surface area (Å²) in [7, 11) is 0. The van der Waals surface area contributed by atoms with Crippen LogP contribution in [0.2, 0.25) is 0 Å². The highest BCUT2D eigenvalue weighted by Crippen LogP contribution is 2.30. The van der Waals surface area contributed by atoms with Crippen molar-refractivity contribution in [2.75, 3.05) is 29.0 Å². The Balaban J connectivity index is 1.36. The van der Waals surface area contributed by atoms with Crippen LogP contribution in [0.15, 0.2) is 55.0 Å². The number of H-pyrrole nitrogens is 1. The van der Waals surface area contributed by atoms with E-state index in [4.69, 9.17) is 5.73 Å². The van der Waals surface area contributed by atoms with Gasteiger partial charge in [0.2, 0.25) is 0 Å². The summed E-state index contributed by atoms with van der Waals surface area (Å²) in [5, 5.41) is 10.4. The van der Waals surface area contributed by atoms with Gasteiger partial charge in [-0.05, 0) is 35.9 Å². The molecule has 3 aromatic heterocycles. The van der Waals surface area contributed by atoms with Crippen LogP contribution in [0.5, 0.6) is 0 Å². The highest BCUT2D eigenvalue weighted by molar-refractivity contribution is 6.11. The molecule has 1 aliphatic heterocycles. The molecular weight excluding hydrogens is 416 g/mol. The SMILES string of the molecule is Nc1cncc(-c2ccc3[nH]nc(C(=O)Nc4ccc(N5CCC(F)(F)C5)nc4)c3c2)c1. The van der Waals surface area contributed by atoms with Gasteiger partial charge in [0.25, 0.3) is 11.8 Å². The Morgan fingerprint density at radius 3 is 2.72 bits per heavy atom. The summed E-state index contributed by atoms with van der Waals surface area (Å²) in [6.07, 6.45) is 4.52. The van der Waals surface area contributed by atoms with Crippen LogP contribution >= 0.6 is 0 Å².